The number of carbonyl (C=O) groups is 1. The van der Waals surface area contributed by atoms with Crippen LogP contribution in [0.15, 0.2) is 18.3 Å². The fourth-order valence-corrected chi connectivity index (χ4v) is 2.70. The van der Waals surface area contributed by atoms with Crippen molar-refractivity contribution in [3.63, 3.8) is 0 Å². The largest absolute Gasteiger partial charge is 0.378 e. The first kappa shape index (κ1) is 14.3. The SMILES string of the molecule is O=C(NCc1ccc(N2CCCC2)nc1)C1COCCN1. The normalized spacial score (nSPS) is 22.3. The number of hydrogen-bond acceptors (Lipinski definition) is 5. The van der Waals surface area contributed by atoms with Gasteiger partial charge in [-0.15, -0.1) is 0 Å². The van der Waals surface area contributed by atoms with Crippen LogP contribution in [-0.4, -0.2) is 49.8 Å². The van der Waals surface area contributed by atoms with Gasteiger partial charge in [-0.3, -0.25) is 4.79 Å². The average molecular weight is 290 g/mol. The summed E-state index contributed by atoms with van der Waals surface area (Å²) in [6.45, 7) is 4.53. The predicted molar refractivity (Wildman–Crippen MR) is 80.1 cm³/mol. The minimum atomic E-state index is -0.240. The van der Waals surface area contributed by atoms with E-state index in [0.29, 0.717) is 19.8 Å². The zero-order valence-corrected chi connectivity index (χ0v) is 12.2. The molecule has 0 radical (unpaired) electrons. The highest BCUT2D eigenvalue weighted by Gasteiger charge is 2.20. The van der Waals surface area contributed by atoms with Crippen molar-refractivity contribution in [3.8, 4) is 0 Å². The van der Waals surface area contributed by atoms with Crippen molar-refractivity contribution in [2.24, 2.45) is 0 Å². The predicted octanol–water partition coefficient (Wildman–Crippen LogP) is 0.286. The first-order valence-corrected chi connectivity index (χ1v) is 7.61. The molecule has 2 saturated heterocycles. The summed E-state index contributed by atoms with van der Waals surface area (Å²) < 4.78 is 5.29. The third kappa shape index (κ3) is 3.71. The van der Waals surface area contributed by atoms with Gasteiger partial charge in [0.15, 0.2) is 0 Å². The maximum Gasteiger partial charge on any atom is 0.239 e. The average Bonchev–Trinajstić information content (AvgIpc) is 3.08. The summed E-state index contributed by atoms with van der Waals surface area (Å²) >= 11 is 0. The molecule has 1 unspecified atom stereocenters. The van der Waals surface area contributed by atoms with Gasteiger partial charge in [0.25, 0.3) is 0 Å². The molecule has 3 rings (SSSR count). The lowest BCUT2D eigenvalue weighted by Gasteiger charge is -2.23. The van der Waals surface area contributed by atoms with Gasteiger partial charge in [0.1, 0.15) is 11.9 Å². The third-order valence-electron chi connectivity index (χ3n) is 3.94. The number of morpholine rings is 1. The molecule has 1 atom stereocenters. The van der Waals surface area contributed by atoms with Crippen LogP contribution in [0.3, 0.4) is 0 Å². The summed E-state index contributed by atoms with van der Waals surface area (Å²) in [7, 11) is 0. The smallest absolute Gasteiger partial charge is 0.239 e. The molecule has 0 saturated carbocycles. The van der Waals surface area contributed by atoms with Crippen molar-refractivity contribution in [3.05, 3.63) is 23.9 Å². The van der Waals surface area contributed by atoms with Crippen LogP contribution in [0.2, 0.25) is 0 Å². The Morgan fingerprint density at radius 3 is 2.95 bits per heavy atom. The number of nitrogens with zero attached hydrogens (tertiary/aromatic N) is 2. The molecule has 1 amide bonds. The van der Waals surface area contributed by atoms with Crippen LogP contribution in [0.25, 0.3) is 0 Å². The summed E-state index contributed by atoms with van der Waals surface area (Å²) in [5.74, 6) is 1.02. The number of rotatable bonds is 4. The number of nitrogens with one attached hydrogen (secondary N) is 2. The Bertz CT molecular complexity index is 465. The highest BCUT2D eigenvalue weighted by atomic mass is 16.5. The minimum absolute atomic E-state index is 0.0154. The van der Waals surface area contributed by atoms with E-state index in [1.54, 1.807) is 0 Å². The molecule has 6 nitrogen and oxygen atoms in total. The Morgan fingerprint density at radius 2 is 2.29 bits per heavy atom. The third-order valence-corrected chi connectivity index (χ3v) is 3.94. The molecule has 21 heavy (non-hydrogen) atoms. The number of aromatic nitrogens is 1. The van der Waals surface area contributed by atoms with Gasteiger partial charge in [0.2, 0.25) is 5.91 Å². The number of amides is 1. The molecule has 2 aliphatic rings. The zero-order valence-electron chi connectivity index (χ0n) is 12.2. The van der Waals surface area contributed by atoms with Gasteiger partial charge in [-0.1, -0.05) is 6.07 Å². The second-order valence-corrected chi connectivity index (χ2v) is 5.52. The molecule has 114 valence electrons. The molecule has 1 aromatic rings. The second kappa shape index (κ2) is 6.87. The monoisotopic (exact) mass is 290 g/mol. The molecule has 0 spiro atoms. The van der Waals surface area contributed by atoms with Crippen molar-refractivity contribution in [1.29, 1.82) is 0 Å². The second-order valence-electron chi connectivity index (χ2n) is 5.52. The lowest BCUT2D eigenvalue weighted by Crippen LogP contribution is -2.51. The molecular weight excluding hydrogens is 268 g/mol. The number of hydrogen-bond donors (Lipinski definition) is 2. The van der Waals surface area contributed by atoms with Crippen LogP contribution in [0.1, 0.15) is 18.4 Å². The summed E-state index contributed by atoms with van der Waals surface area (Å²) in [5.41, 5.74) is 1.02. The Kier molecular flexibility index (Phi) is 4.67. The van der Waals surface area contributed by atoms with Crippen molar-refractivity contribution in [1.82, 2.24) is 15.6 Å². The molecule has 0 bridgehead atoms. The van der Waals surface area contributed by atoms with Gasteiger partial charge >= 0.3 is 0 Å². The lowest BCUT2D eigenvalue weighted by atomic mass is 10.2. The Labute approximate surface area is 124 Å². The summed E-state index contributed by atoms with van der Waals surface area (Å²) in [4.78, 5) is 18.7. The summed E-state index contributed by atoms with van der Waals surface area (Å²) in [6.07, 6.45) is 4.34. The van der Waals surface area contributed by atoms with E-state index < -0.39 is 0 Å². The number of anilines is 1. The van der Waals surface area contributed by atoms with E-state index in [1.807, 2.05) is 18.3 Å². The number of carbonyl (C=O) groups excluding carboxylic acids is 1. The maximum atomic E-state index is 12.0. The van der Waals surface area contributed by atoms with E-state index >= 15 is 0 Å². The van der Waals surface area contributed by atoms with E-state index in [-0.39, 0.29) is 11.9 Å². The summed E-state index contributed by atoms with van der Waals surface area (Å²) in [6, 6.07) is 3.83. The van der Waals surface area contributed by atoms with Gasteiger partial charge in [0, 0.05) is 32.4 Å². The van der Waals surface area contributed by atoms with Gasteiger partial charge in [-0.2, -0.15) is 0 Å². The van der Waals surface area contributed by atoms with E-state index in [0.717, 1.165) is 31.0 Å². The zero-order chi connectivity index (χ0) is 14.5. The van der Waals surface area contributed by atoms with Crippen LogP contribution in [0, 0.1) is 0 Å². The van der Waals surface area contributed by atoms with Gasteiger partial charge in [0.05, 0.1) is 13.2 Å². The molecule has 3 heterocycles. The first-order chi connectivity index (χ1) is 10.3. The number of pyridine rings is 1. The van der Waals surface area contributed by atoms with Crippen LogP contribution >= 0.6 is 0 Å². The molecule has 6 heteroatoms. The van der Waals surface area contributed by atoms with Crippen LogP contribution in [0.5, 0.6) is 0 Å². The van der Waals surface area contributed by atoms with E-state index in [9.17, 15) is 4.79 Å². The molecule has 2 aliphatic heterocycles. The topological polar surface area (TPSA) is 66.5 Å². The van der Waals surface area contributed by atoms with Crippen molar-refractivity contribution in [2.75, 3.05) is 37.7 Å². The summed E-state index contributed by atoms with van der Waals surface area (Å²) in [5, 5.41) is 6.06. The Hall–Kier alpha value is -1.66. The molecule has 1 aromatic heterocycles. The van der Waals surface area contributed by atoms with Crippen molar-refractivity contribution < 1.29 is 9.53 Å². The highest BCUT2D eigenvalue weighted by Crippen LogP contribution is 2.17. The molecule has 2 fully saturated rings. The van der Waals surface area contributed by atoms with Crippen LogP contribution < -0.4 is 15.5 Å². The Morgan fingerprint density at radius 1 is 1.43 bits per heavy atom. The van der Waals surface area contributed by atoms with Gasteiger partial charge < -0.3 is 20.3 Å². The Balaban J connectivity index is 1.49. The molecule has 0 aliphatic carbocycles. The highest BCUT2D eigenvalue weighted by molar-refractivity contribution is 5.81. The minimum Gasteiger partial charge on any atom is -0.378 e. The standard InChI is InChI=1S/C15H22N4O2/c20-15(13-11-21-8-5-16-13)18-10-12-3-4-14(17-9-12)19-6-1-2-7-19/h3-4,9,13,16H,1-2,5-8,10-11H2,(H,18,20). The van der Waals surface area contributed by atoms with E-state index in [2.05, 4.69) is 20.5 Å². The molecule has 0 aromatic carbocycles. The fourth-order valence-electron chi connectivity index (χ4n) is 2.70. The van der Waals surface area contributed by atoms with E-state index in [4.69, 9.17) is 4.74 Å². The lowest BCUT2D eigenvalue weighted by molar-refractivity contribution is -0.126. The fraction of sp³-hybridized carbons (Fsp3) is 0.600. The van der Waals surface area contributed by atoms with Crippen LogP contribution in [0.4, 0.5) is 5.82 Å². The van der Waals surface area contributed by atoms with Crippen LogP contribution in [-0.2, 0) is 16.1 Å². The quantitative estimate of drug-likeness (QED) is 0.834. The molecule has 2 N–H and O–H groups in total. The first-order valence-electron chi connectivity index (χ1n) is 7.61. The molecular formula is C15H22N4O2. The van der Waals surface area contributed by atoms with Crippen molar-refractivity contribution in [2.45, 2.75) is 25.4 Å². The van der Waals surface area contributed by atoms with Gasteiger partial charge in [-0.25, -0.2) is 4.98 Å². The van der Waals surface area contributed by atoms with Gasteiger partial charge in [-0.05, 0) is 24.5 Å². The van der Waals surface area contributed by atoms with Crippen molar-refractivity contribution >= 4 is 11.7 Å². The van der Waals surface area contributed by atoms with E-state index in [1.165, 1.54) is 12.8 Å². The maximum absolute atomic E-state index is 12.0. The number of ether oxygens (including phenoxy) is 1.